The van der Waals surface area contributed by atoms with Crippen molar-refractivity contribution in [1.82, 2.24) is 0 Å². The molecule has 0 heterocycles. The maximum atomic E-state index is 11.5. The predicted molar refractivity (Wildman–Crippen MR) is 83.6 cm³/mol. The third-order valence-electron chi connectivity index (χ3n) is 4.41. The van der Waals surface area contributed by atoms with Crippen molar-refractivity contribution in [3.8, 4) is 0 Å². The Balaban J connectivity index is 2.13. The van der Waals surface area contributed by atoms with Crippen LogP contribution in [0.25, 0.3) is 0 Å². The lowest BCUT2D eigenvalue weighted by molar-refractivity contribution is 0.0944. The van der Waals surface area contributed by atoms with Crippen LogP contribution in [-0.2, 0) is 10.0 Å². The zero-order chi connectivity index (χ0) is 15.5. The molecular formula is C15H24N2O3S. The number of rotatable bonds is 5. The molecule has 0 bridgehead atoms. The molecule has 1 aromatic carbocycles. The average molecular weight is 312 g/mol. The molecule has 0 saturated heterocycles. The summed E-state index contributed by atoms with van der Waals surface area (Å²) in [5.41, 5.74) is 1.27. The Hall–Kier alpha value is -1.11. The fraction of sp³-hybridized carbons (Fsp3) is 0.600. The number of anilines is 1. The maximum Gasteiger partial charge on any atom is 0.238 e. The van der Waals surface area contributed by atoms with Crippen LogP contribution in [0.1, 0.15) is 37.7 Å². The standard InChI is InChI=1S/C15H24N2O3S/c1-12-5-6-13(9-14(12)21(16,19)20)17-10-15(11-18)7-3-2-4-8-15/h5-6,9,17-18H,2-4,7-8,10-11H2,1H3,(H2,16,19,20). The Morgan fingerprint density at radius 3 is 2.52 bits per heavy atom. The molecule has 1 aromatic rings. The number of aliphatic hydroxyl groups excluding tert-OH is 1. The first-order chi connectivity index (χ1) is 9.86. The Kier molecular flexibility index (Phi) is 4.91. The van der Waals surface area contributed by atoms with Crippen molar-refractivity contribution in [2.45, 2.75) is 43.9 Å². The average Bonchev–Trinajstić information content (AvgIpc) is 2.46. The van der Waals surface area contributed by atoms with Crippen molar-refractivity contribution < 1.29 is 13.5 Å². The van der Waals surface area contributed by atoms with E-state index in [0.29, 0.717) is 12.1 Å². The Labute approximate surface area is 126 Å². The molecule has 1 saturated carbocycles. The smallest absolute Gasteiger partial charge is 0.238 e. The highest BCUT2D eigenvalue weighted by molar-refractivity contribution is 7.89. The lowest BCUT2D eigenvalue weighted by Crippen LogP contribution is -2.35. The Bertz CT molecular complexity index is 593. The summed E-state index contributed by atoms with van der Waals surface area (Å²) in [5, 5.41) is 18.2. The number of nitrogens with one attached hydrogen (secondary N) is 1. The quantitative estimate of drug-likeness (QED) is 0.775. The van der Waals surface area contributed by atoms with Crippen LogP contribution in [0.4, 0.5) is 5.69 Å². The van der Waals surface area contributed by atoms with Gasteiger partial charge in [0.25, 0.3) is 0 Å². The van der Waals surface area contributed by atoms with Crippen molar-refractivity contribution in [2.75, 3.05) is 18.5 Å². The molecule has 21 heavy (non-hydrogen) atoms. The minimum Gasteiger partial charge on any atom is -0.396 e. The molecule has 1 aliphatic carbocycles. The highest BCUT2D eigenvalue weighted by Crippen LogP contribution is 2.36. The van der Waals surface area contributed by atoms with Crippen LogP contribution in [0.15, 0.2) is 23.1 Å². The molecule has 0 spiro atoms. The Morgan fingerprint density at radius 1 is 1.29 bits per heavy atom. The minimum absolute atomic E-state index is 0.0924. The largest absolute Gasteiger partial charge is 0.396 e. The summed E-state index contributed by atoms with van der Waals surface area (Å²) in [6, 6.07) is 5.16. The number of primary sulfonamides is 1. The van der Waals surface area contributed by atoms with Gasteiger partial charge in [-0.05, 0) is 37.5 Å². The van der Waals surface area contributed by atoms with E-state index in [1.54, 1.807) is 19.1 Å². The summed E-state index contributed by atoms with van der Waals surface area (Å²) < 4.78 is 23.1. The third-order valence-corrected chi connectivity index (χ3v) is 5.46. The number of hydrogen-bond donors (Lipinski definition) is 3. The van der Waals surface area contributed by atoms with Crippen LogP contribution >= 0.6 is 0 Å². The molecule has 1 fully saturated rings. The summed E-state index contributed by atoms with van der Waals surface area (Å²) in [4.78, 5) is 0.147. The summed E-state index contributed by atoms with van der Waals surface area (Å²) in [6.07, 6.45) is 5.51. The second kappa shape index (κ2) is 6.34. The van der Waals surface area contributed by atoms with Gasteiger partial charge in [0.05, 0.1) is 11.5 Å². The molecule has 5 nitrogen and oxygen atoms in total. The summed E-state index contributed by atoms with van der Waals surface area (Å²) in [7, 11) is -3.71. The van der Waals surface area contributed by atoms with Gasteiger partial charge in [0.1, 0.15) is 0 Å². The summed E-state index contributed by atoms with van der Waals surface area (Å²) >= 11 is 0. The van der Waals surface area contributed by atoms with Crippen LogP contribution in [-0.4, -0.2) is 26.7 Å². The summed E-state index contributed by atoms with van der Waals surface area (Å²) in [5.74, 6) is 0. The van der Waals surface area contributed by atoms with E-state index in [1.807, 2.05) is 6.07 Å². The van der Waals surface area contributed by atoms with Crippen LogP contribution in [0.5, 0.6) is 0 Å². The number of hydrogen-bond acceptors (Lipinski definition) is 4. The fourth-order valence-electron chi connectivity index (χ4n) is 3.00. The van der Waals surface area contributed by atoms with Crippen LogP contribution < -0.4 is 10.5 Å². The van der Waals surface area contributed by atoms with Gasteiger partial charge in [-0.25, -0.2) is 13.6 Å². The van der Waals surface area contributed by atoms with Gasteiger partial charge in [-0.2, -0.15) is 0 Å². The molecule has 0 atom stereocenters. The minimum atomic E-state index is -3.71. The van der Waals surface area contributed by atoms with Gasteiger partial charge >= 0.3 is 0 Å². The molecule has 2 rings (SSSR count). The summed E-state index contributed by atoms with van der Waals surface area (Å²) in [6.45, 7) is 2.53. The predicted octanol–water partition coefficient (Wildman–Crippen LogP) is 2.00. The van der Waals surface area contributed by atoms with Gasteiger partial charge in [-0.1, -0.05) is 25.3 Å². The van der Waals surface area contributed by atoms with E-state index in [4.69, 9.17) is 5.14 Å². The molecular weight excluding hydrogens is 288 g/mol. The second-order valence-electron chi connectivity index (χ2n) is 6.10. The van der Waals surface area contributed by atoms with Crippen molar-refractivity contribution >= 4 is 15.7 Å². The van der Waals surface area contributed by atoms with Gasteiger partial charge in [0.15, 0.2) is 0 Å². The Morgan fingerprint density at radius 2 is 1.95 bits per heavy atom. The monoisotopic (exact) mass is 312 g/mol. The SMILES string of the molecule is Cc1ccc(NCC2(CO)CCCCC2)cc1S(N)(=O)=O. The molecule has 0 unspecified atom stereocenters. The first-order valence-corrected chi connectivity index (χ1v) is 8.89. The van der Waals surface area contributed by atoms with E-state index < -0.39 is 10.0 Å². The van der Waals surface area contributed by atoms with E-state index in [2.05, 4.69) is 5.32 Å². The third kappa shape index (κ3) is 3.96. The van der Waals surface area contributed by atoms with E-state index in [-0.39, 0.29) is 16.9 Å². The number of sulfonamides is 1. The van der Waals surface area contributed by atoms with E-state index >= 15 is 0 Å². The van der Waals surface area contributed by atoms with Gasteiger partial charge in [0, 0.05) is 17.6 Å². The van der Waals surface area contributed by atoms with Crippen molar-refractivity contribution in [2.24, 2.45) is 10.6 Å². The fourth-order valence-corrected chi connectivity index (χ4v) is 3.81. The van der Waals surface area contributed by atoms with E-state index in [0.717, 1.165) is 31.4 Å². The van der Waals surface area contributed by atoms with Gasteiger partial charge < -0.3 is 10.4 Å². The molecule has 6 heteroatoms. The van der Waals surface area contributed by atoms with E-state index in [1.165, 1.54) is 6.42 Å². The normalized spacial score (nSPS) is 18.4. The second-order valence-corrected chi connectivity index (χ2v) is 7.63. The first-order valence-electron chi connectivity index (χ1n) is 7.35. The van der Waals surface area contributed by atoms with Crippen molar-refractivity contribution in [3.05, 3.63) is 23.8 Å². The van der Waals surface area contributed by atoms with Gasteiger partial charge in [-0.15, -0.1) is 0 Å². The molecule has 0 aromatic heterocycles. The number of benzene rings is 1. The number of aliphatic hydroxyl groups is 1. The molecule has 4 N–H and O–H groups in total. The molecule has 0 radical (unpaired) electrons. The van der Waals surface area contributed by atoms with Gasteiger partial charge in [-0.3, -0.25) is 0 Å². The van der Waals surface area contributed by atoms with E-state index in [9.17, 15) is 13.5 Å². The van der Waals surface area contributed by atoms with Crippen LogP contribution in [0, 0.1) is 12.3 Å². The van der Waals surface area contributed by atoms with Crippen molar-refractivity contribution in [1.29, 1.82) is 0 Å². The van der Waals surface area contributed by atoms with Gasteiger partial charge in [0.2, 0.25) is 10.0 Å². The maximum absolute atomic E-state index is 11.5. The zero-order valence-corrected chi connectivity index (χ0v) is 13.2. The highest BCUT2D eigenvalue weighted by Gasteiger charge is 2.31. The highest BCUT2D eigenvalue weighted by atomic mass is 32.2. The molecule has 1 aliphatic rings. The number of aryl methyl sites for hydroxylation is 1. The first kappa shape index (κ1) is 16.3. The molecule has 0 aliphatic heterocycles. The van der Waals surface area contributed by atoms with Crippen LogP contribution in [0.2, 0.25) is 0 Å². The van der Waals surface area contributed by atoms with Crippen LogP contribution in [0.3, 0.4) is 0 Å². The lowest BCUT2D eigenvalue weighted by Gasteiger charge is -2.36. The molecule has 118 valence electrons. The van der Waals surface area contributed by atoms with Crippen molar-refractivity contribution in [3.63, 3.8) is 0 Å². The number of nitrogens with two attached hydrogens (primary N) is 1. The molecule has 0 amide bonds. The topological polar surface area (TPSA) is 92.4 Å². The lowest BCUT2D eigenvalue weighted by atomic mass is 9.74. The zero-order valence-electron chi connectivity index (χ0n) is 12.4.